The fraction of sp³-hybridized carbons (Fsp3) is 0.417. The lowest BCUT2D eigenvalue weighted by molar-refractivity contribution is -0.119. The van der Waals surface area contributed by atoms with Crippen LogP contribution in [0.15, 0.2) is 30.7 Å². The van der Waals surface area contributed by atoms with E-state index in [2.05, 4.69) is 20.3 Å². The molecular formula is C24H26N8O2. The van der Waals surface area contributed by atoms with E-state index < -0.39 is 0 Å². The molecule has 0 spiro atoms. The minimum absolute atomic E-state index is 0.110. The van der Waals surface area contributed by atoms with Gasteiger partial charge in [0.05, 0.1) is 18.1 Å². The van der Waals surface area contributed by atoms with E-state index in [1.54, 1.807) is 18.6 Å². The molecule has 1 N–H and O–H groups in total. The fourth-order valence-electron chi connectivity index (χ4n) is 4.38. The third-order valence-corrected chi connectivity index (χ3v) is 6.60. The third-order valence-electron chi connectivity index (χ3n) is 6.60. The van der Waals surface area contributed by atoms with Gasteiger partial charge in [0.1, 0.15) is 17.6 Å². The number of amides is 1. The molecule has 1 saturated carbocycles. The van der Waals surface area contributed by atoms with Crippen LogP contribution in [-0.2, 0) is 17.8 Å². The molecule has 10 nitrogen and oxygen atoms in total. The summed E-state index contributed by atoms with van der Waals surface area (Å²) in [6.45, 7) is 3.16. The molecule has 0 saturated heterocycles. The molecule has 1 aliphatic carbocycles. The molecule has 1 fully saturated rings. The van der Waals surface area contributed by atoms with Crippen LogP contribution in [0.5, 0.6) is 11.6 Å². The van der Waals surface area contributed by atoms with Crippen LogP contribution in [0.1, 0.15) is 49.2 Å². The fourth-order valence-corrected chi connectivity index (χ4v) is 4.38. The van der Waals surface area contributed by atoms with E-state index in [0.717, 1.165) is 48.0 Å². The number of nitrogens with one attached hydrogen (secondary N) is 1. The highest BCUT2D eigenvalue weighted by molar-refractivity contribution is 6.05. The maximum atomic E-state index is 12.7. The van der Waals surface area contributed by atoms with Crippen LogP contribution in [-0.4, -0.2) is 50.5 Å². The maximum absolute atomic E-state index is 12.7. The molecule has 5 heterocycles. The van der Waals surface area contributed by atoms with Crippen molar-refractivity contribution in [3.63, 3.8) is 0 Å². The second-order valence-electron chi connectivity index (χ2n) is 9.06. The number of ether oxygens (including phenoxy) is 1. The molecule has 1 amide bonds. The van der Waals surface area contributed by atoms with Crippen LogP contribution in [0.3, 0.4) is 0 Å². The highest BCUT2D eigenvalue weighted by Gasteiger charge is 2.38. The third kappa shape index (κ3) is 3.78. The van der Waals surface area contributed by atoms with Crippen LogP contribution < -0.4 is 19.9 Å². The Balaban J connectivity index is 1.14. The van der Waals surface area contributed by atoms with Gasteiger partial charge < -0.3 is 19.9 Å². The number of hydrogen-bond donors (Lipinski definition) is 1. The normalized spacial score (nSPS) is 19.1. The molecule has 3 aliphatic rings. The van der Waals surface area contributed by atoms with Gasteiger partial charge in [0.25, 0.3) is 0 Å². The number of hydrogen-bond acceptors (Lipinski definition) is 9. The number of aromatic nitrogens is 5. The van der Waals surface area contributed by atoms with E-state index in [1.165, 1.54) is 12.8 Å². The Kier molecular flexibility index (Phi) is 5.00. The monoisotopic (exact) mass is 458 g/mol. The predicted octanol–water partition coefficient (Wildman–Crippen LogP) is 3.06. The lowest BCUT2D eigenvalue weighted by Gasteiger charge is -2.41. The predicted molar refractivity (Wildman–Crippen MR) is 126 cm³/mol. The zero-order valence-corrected chi connectivity index (χ0v) is 19.2. The number of carbonyl (C=O) groups is 1. The summed E-state index contributed by atoms with van der Waals surface area (Å²) in [5.41, 5.74) is 2.75. The molecule has 0 aromatic carbocycles. The molecule has 0 bridgehead atoms. The van der Waals surface area contributed by atoms with Crippen LogP contribution >= 0.6 is 0 Å². The average molecular weight is 459 g/mol. The van der Waals surface area contributed by atoms with E-state index in [1.807, 2.05) is 35.9 Å². The number of anilines is 3. The first-order valence-electron chi connectivity index (χ1n) is 11.7. The van der Waals surface area contributed by atoms with Crippen molar-refractivity contribution in [1.29, 1.82) is 0 Å². The van der Waals surface area contributed by atoms with Gasteiger partial charge in [0.15, 0.2) is 11.6 Å². The Labute approximate surface area is 197 Å². The Morgan fingerprint density at radius 3 is 2.68 bits per heavy atom. The number of likely N-dealkylation sites (N-methyl/N-ethyl adjacent to an activating group) is 1. The second-order valence-corrected chi connectivity index (χ2v) is 9.06. The van der Waals surface area contributed by atoms with Crippen LogP contribution in [0.25, 0.3) is 0 Å². The number of aryl methyl sites for hydroxylation is 1. The highest BCUT2D eigenvalue weighted by atomic mass is 16.5. The highest BCUT2D eigenvalue weighted by Crippen LogP contribution is 2.40. The summed E-state index contributed by atoms with van der Waals surface area (Å²) in [7, 11) is 1.91. The molecule has 174 valence electrons. The first kappa shape index (κ1) is 20.8. The molecular weight excluding hydrogens is 432 g/mol. The first-order valence-corrected chi connectivity index (χ1v) is 11.7. The van der Waals surface area contributed by atoms with Gasteiger partial charge in [-0.25, -0.2) is 19.9 Å². The molecule has 34 heavy (non-hydrogen) atoms. The van der Waals surface area contributed by atoms with Crippen LogP contribution in [0, 0.1) is 0 Å². The van der Waals surface area contributed by atoms with Crippen molar-refractivity contribution in [3.05, 3.63) is 47.8 Å². The van der Waals surface area contributed by atoms with Gasteiger partial charge in [-0.2, -0.15) is 4.98 Å². The van der Waals surface area contributed by atoms with Crippen molar-refractivity contribution in [2.75, 3.05) is 28.7 Å². The zero-order chi connectivity index (χ0) is 23.2. The molecule has 3 aromatic heterocycles. The quantitative estimate of drug-likeness (QED) is 0.596. The summed E-state index contributed by atoms with van der Waals surface area (Å²) in [5.74, 6) is 3.93. The van der Waals surface area contributed by atoms with Gasteiger partial charge in [0.2, 0.25) is 17.7 Å². The van der Waals surface area contributed by atoms with E-state index in [4.69, 9.17) is 14.7 Å². The number of carbonyl (C=O) groups excluding carboxylic acids is 1. The number of rotatable bonds is 6. The topological polar surface area (TPSA) is 109 Å². The van der Waals surface area contributed by atoms with Gasteiger partial charge in [-0.3, -0.25) is 4.79 Å². The van der Waals surface area contributed by atoms with Crippen molar-refractivity contribution < 1.29 is 9.53 Å². The average Bonchev–Trinajstić information content (AvgIpc) is 3.71. The number of nitrogens with zero attached hydrogens (tertiary/aromatic N) is 7. The number of pyridine rings is 1. The van der Waals surface area contributed by atoms with Crippen molar-refractivity contribution in [1.82, 2.24) is 24.9 Å². The summed E-state index contributed by atoms with van der Waals surface area (Å²) in [6.07, 6.45) is 9.24. The standard InChI is InChI=1S/C24H26N8O2/c1-14-23(33)32-9-3-4-18-20(32)22(31(14)2)30-24(29-18)28-11-15-5-8-19(25-10-15)34-17-12-26-21(27-13-17)16-6-7-16/h5,8,10,12-14,16H,3-4,6-7,9,11H2,1-2H3,(H,28,29,30). The van der Waals surface area contributed by atoms with Crippen LogP contribution in [0.2, 0.25) is 0 Å². The van der Waals surface area contributed by atoms with Crippen molar-refractivity contribution in [2.24, 2.45) is 0 Å². The van der Waals surface area contributed by atoms with E-state index in [-0.39, 0.29) is 11.9 Å². The Bertz CT molecular complexity index is 1230. The molecule has 6 rings (SSSR count). The molecule has 3 aromatic rings. The SMILES string of the molecule is CC1C(=O)N2CCCc3nc(NCc4ccc(Oc5cnc(C6CC6)nc5)nc4)nc(c32)N1C. The first-order chi connectivity index (χ1) is 16.6. The smallest absolute Gasteiger partial charge is 0.249 e. The minimum atomic E-state index is -0.242. The lowest BCUT2D eigenvalue weighted by atomic mass is 10.0. The molecule has 1 atom stereocenters. The maximum Gasteiger partial charge on any atom is 0.249 e. The minimum Gasteiger partial charge on any atom is -0.436 e. The molecule has 0 radical (unpaired) electrons. The van der Waals surface area contributed by atoms with Gasteiger partial charge >= 0.3 is 0 Å². The van der Waals surface area contributed by atoms with E-state index >= 15 is 0 Å². The Hall–Kier alpha value is -3.82. The Morgan fingerprint density at radius 1 is 1.12 bits per heavy atom. The lowest BCUT2D eigenvalue weighted by Crippen LogP contribution is -2.53. The van der Waals surface area contributed by atoms with Crippen molar-refractivity contribution in [2.45, 2.75) is 51.1 Å². The summed E-state index contributed by atoms with van der Waals surface area (Å²) in [6, 6.07) is 3.53. The molecule has 1 unspecified atom stereocenters. The van der Waals surface area contributed by atoms with Crippen molar-refractivity contribution >= 4 is 23.4 Å². The van der Waals surface area contributed by atoms with Gasteiger partial charge in [0, 0.05) is 38.3 Å². The summed E-state index contributed by atoms with van der Waals surface area (Å²) in [4.78, 5) is 39.1. The summed E-state index contributed by atoms with van der Waals surface area (Å²) in [5, 5.41) is 3.31. The van der Waals surface area contributed by atoms with Gasteiger partial charge in [-0.05, 0) is 38.2 Å². The molecule has 2 aliphatic heterocycles. The van der Waals surface area contributed by atoms with Crippen LogP contribution in [0.4, 0.5) is 17.5 Å². The Morgan fingerprint density at radius 2 is 1.94 bits per heavy atom. The second kappa shape index (κ2) is 8.19. The van der Waals surface area contributed by atoms with E-state index in [9.17, 15) is 4.79 Å². The summed E-state index contributed by atoms with van der Waals surface area (Å²) < 4.78 is 5.77. The molecule has 10 heteroatoms. The van der Waals surface area contributed by atoms with Gasteiger partial charge in [-0.15, -0.1) is 0 Å². The summed E-state index contributed by atoms with van der Waals surface area (Å²) >= 11 is 0. The van der Waals surface area contributed by atoms with E-state index in [0.29, 0.717) is 30.0 Å². The van der Waals surface area contributed by atoms with Crippen molar-refractivity contribution in [3.8, 4) is 11.6 Å². The zero-order valence-electron chi connectivity index (χ0n) is 19.2. The largest absolute Gasteiger partial charge is 0.436 e. The van der Waals surface area contributed by atoms with Gasteiger partial charge in [-0.1, -0.05) is 6.07 Å².